The van der Waals surface area contributed by atoms with E-state index in [0.717, 1.165) is 0 Å². The summed E-state index contributed by atoms with van der Waals surface area (Å²) < 4.78 is 23.1. The van der Waals surface area contributed by atoms with Crippen LogP contribution in [0.4, 0.5) is 0 Å². The fraction of sp³-hybridized carbons (Fsp3) is 0.471. The van der Waals surface area contributed by atoms with Crippen LogP contribution in [0.5, 0.6) is 0 Å². The standard InChI is InChI=1S/C17H26N2O3S/c1-17(2,3)23(21,22)14-13-18-11-12-19-16(20)15-9-7-5-4-6-8-10-15/h4-10,18H,11-14H2,1-3H3,(H,19,20)/b5-4-,6-4?,7-5?,8-6-,9-7-,10-8?,15-9?,15-10+. The molecule has 0 heterocycles. The average molecular weight is 338 g/mol. The monoisotopic (exact) mass is 338 g/mol. The highest BCUT2D eigenvalue weighted by Crippen LogP contribution is 2.15. The van der Waals surface area contributed by atoms with Crippen molar-refractivity contribution >= 4 is 15.7 Å². The molecule has 6 heteroatoms. The number of carbonyl (C=O) groups excluding carboxylic acids is 1. The van der Waals surface area contributed by atoms with E-state index in [9.17, 15) is 13.2 Å². The minimum atomic E-state index is -3.11. The third kappa shape index (κ3) is 6.97. The van der Waals surface area contributed by atoms with Gasteiger partial charge in [-0.3, -0.25) is 4.79 Å². The maximum atomic E-state index is 12.0. The summed E-state index contributed by atoms with van der Waals surface area (Å²) in [4.78, 5) is 12.0. The normalized spacial score (nSPS) is 21.4. The van der Waals surface area contributed by atoms with Crippen molar-refractivity contribution in [2.24, 2.45) is 0 Å². The van der Waals surface area contributed by atoms with Crippen LogP contribution in [0.25, 0.3) is 0 Å². The lowest BCUT2D eigenvalue weighted by Gasteiger charge is -2.19. The van der Waals surface area contributed by atoms with Crippen LogP contribution in [-0.4, -0.2) is 44.5 Å². The average Bonchev–Trinajstić information content (AvgIpc) is 2.40. The Kier molecular flexibility index (Phi) is 7.45. The number of rotatable bonds is 7. The maximum absolute atomic E-state index is 12.0. The van der Waals surface area contributed by atoms with Crippen molar-refractivity contribution in [2.45, 2.75) is 25.5 Å². The molecule has 1 rings (SSSR count). The van der Waals surface area contributed by atoms with Crippen molar-refractivity contribution < 1.29 is 13.2 Å². The van der Waals surface area contributed by atoms with Gasteiger partial charge in [0, 0.05) is 25.2 Å². The molecule has 0 radical (unpaired) electrons. The van der Waals surface area contributed by atoms with Gasteiger partial charge in [-0.2, -0.15) is 0 Å². The Morgan fingerprint density at radius 2 is 1.65 bits per heavy atom. The first-order chi connectivity index (χ1) is 10.7. The topological polar surface area (TPSA) is 75.3 Å². The van der Waals surface area contributed by atoms with Gasteiger partial charge >= 0.3 is 0 Å². The van der Waals surface area contributed by atoms with Crippen LogP contribution in [0.15, 0.2) is 48.1 Å². The fourth-order valence-corrected chi connectivity index (χ4v) is 2.75. The summed E-state index contributed by atoms with van der Waals surface area (Å²) in [5.41, 5.74) is 0.584. The van der Waals surface area contributed by atoms with E-state index < -0.39 is 14.6 Å². The summed E-state index contributed by atoms with van der Waals surface area (Å²) >= 11 is 0. The van der Waals surface area contributed by atoms with Crippen LogP contribution in [-0.2, 0) is 14.6 Å². The SMILES string of the molecule is CC(C)(C)S(=O)(=O)CCNCCNC(=O)C1=C/C=C\C=C/C=C\1. The molecule has 0 aromatic carbocycles. The molecule has 128 valence electrons. The summed E-state index contributed by atoms with van der Waals surface area (Å²) in [6.07, 6.45) is 12.7. The van der Waals surface area contributed by atoms with Gasteiger partial charge in [0.2, 0.25) is 0 Å². The molecule has 2 N–H and O–H groups in total. The van der Waals surface area contributed by atoms with Gasteiger partial charge in [-0.25, -0.2) is 8.42 Å². The van der Waals surface area contributed by atoms with Crippen molar-refractivity contribution in [3.63, 3.8) is 0 Å². The summed E-state index contributed by atoms with van der Waals surface area (Å²) in [6.45, 7) is 6.44. The van der Waals surface area contributed by atoms with Gasteiger partial charge in [0.1, 0.15) is 0 Å². The fourth-order valence-electron chi connectivity index (χ4n) is 1.72. The largest absolute Gasteiger partial charge is 0.351 e. The number of allylic oxidation sites excluding steroid dienone is 6. The Hall–Kier alpha value is -1.66. The van der Waals surface area contributed by atoms with Crippen molar-refractivity contribution in [3.05, 3.63) is 48.1 Å². The highest BCUT2D eigenvalue weighted by Gasteiger charge is 2.27. The van der Waals surface area contributed by atoms with Gasteiger partial charge in [0.05, 0.1) is 10.5 Å². The van der Waals surface area contributed by atoms with Crippen molar-refractivity contribution in [1.29, 1.82) is 0 Å². The molecule has 0 atom stereocenters. The first-order valence-electron chi connectivity index (χ1n) is 7.67. The second-order valence-corrected chi connectivity index (χ2v) is 9.05. The Morgan fingerprint density at radius 3 is 2.35 bits per heavy atom. The first kappa shape index (κ1) is 19.4. The van der Waals surface area contributed by atoms with Gasteiger partial charge in [0.25, 0.3) is 5.91 Å². The molecule has 0 aromatic heterocycles. The molecule has 1 aliphatic rings. The minimum Gasteiger partial charge on any atom is -0.351 e. The molecule has 0 aromatic rings. The highest BCUT2D eigenvalue weighted by molar-refractivity contribution is 7.92. The predicted octanol–water partition coefficient (Wildman–Crippen LogP) is 1.51. The zero-order valence-corrected chi connectivity index (χ0v) is 14.8. The van der Waals surface area contributed by atoms with Crippen LogP contribution in [0, 0.1) is 0 Å². The van der Waals surface area contributed by atoms with E-state index in [0.29, 0.717) is 25.2 Å². The van der Waals surface area contributed by atoms with Crippen LogP contribution < -0.4 is 10.6 Å². The minimum absolute atomic E-state index is 0.0927. The molecule has 1 aliphatic carbocycles. The molecule has 0 saturated heterocycles. The molecule has 0 spiro atoms. The van der Waals surface area contributed by atoms with Gasteiger partial charge in [-0.05, 0) is 32.9 Å². The molecule has 0 fully saturated rings. The number of carbonyl (C=O) groups is 1. The second kappa shape index (κ2) is 8.84. The third-order valence-corrected chi connectivity index (χ3v) is 5.93. The van der Waals surface area contributed by atoms with E-state index >= 15 is 0 Å². The molecule has 0 bridgehead atoms. The predicted molar refractivity (Wildman–Crippen MR) is 94.9 cm³/mol. The van der Waals surface area contributed by atoms with Crippen molar-refractivity contribution in [2.75, 3.05) is 25.4 Å². The molecule has 5 nitrogen and oxygen atoms in total. The lowest BCUT2D eigenvalue weighted by molar-refractivity contribution is -0.117. The Bertz CT molecular complexity index is 621. The van der Waals surface area contributed by atoms with Gasteiger partial charge in [0.15, 0.2) is 9.84 Å². The maximum Gasteiger partial charge on any atom is 0.251 e. The first-order valence-corrected chi connectivity index (χ1v) is 9.32. The van der Waals surface area contributed by atoms with Gasteiger partial charge in [-0.15, -0.1) is 0 Å². The van der Waals surface area contributed by atoms with E-state index in [4.69, 9.17) is 0 Å². The van der Waals surface area contributed by atoms with E-state index in [-0.39, 0.29) is 11.7 Å². The lowest BCUT2D eigenvalue weighted by Crippen LogP contribution is -2.37. The molecule has 1 amide bonds. The molecular weight excluding hydrogens is 312 g/mol. The molecule has 23 heavy (non-hydrogen) atoms. The van der Waals surface area contributed by atoms with E-state index in [2.05, 4.69) is 10.6 Å². The molecular formula is C17H26N2O3S. The Morgan fingerprint density at radius 1 is 1.00 bits per heavy atom. The molecule has 0 saturated carbocycles. The lowest BCUT2D eigenvalue weighted by atomic mass is 10.1. The smallest absolute Gasteiger partial charge is 0.251 e. The van der Waals surface area contributed by atoms with E-state index in [1.165, 1.54) is 0 Å². The summed E-state index contributed by atoms with van der Waals surface area (Å²) in [6, 6.07) is 0. The van der Waals surface area contributed by atoms with E-state index in [1.54, 1.807) is 32.9 Å². The number of hydrogen-bond acceptors (Lipinski definition) is 4. The van der Waals surface area contributed by atoms with Crippen LogP contribution in [0.2, 0.25) is 0 Å². The highest BCUT2D eigenvalue weighted by atomic mass is 32.2. The number of nitrogens with one attached hydrogen (secondary N) is 2. The summed E-state index contributed by atoms with van der Waals surface area (Å²) in [5.74, 6) is -0.0551. The second-order valence-electron chi connectivity index (χ2n) is 6.19. The third-order valence-electron chi connectivity index (χ3n) is 3.33. The quantitative estimate of drug-likeness (QED) is 0.690. The summed E-state index contributed by atoms with van der Waals surface area (Å²) in [7, 11) is -3.11. The molecule has 0 aliphatic heterocycles. The van der Waals surface area contributed by atoms with Crippen molar-refractivity contribution in [3.8, 4) is 0 Å². The van der Waals surface area contributed by atoms with E-state index in [1.807, 2.05) is 30.4 Å². The zero-order chi connectivity index (χ0) is 17.3. The Balaban J connectivity index is 2.27. The van der Waals surface area contributed by atoms with Gasteiger partial charge < -0.3 is 10.6 Å². The van der Waals surface area contributed by atoms with Crippen molar-refractivity contribution in [1.82, 2.24) is 10.6 Å². The molecule has 0 unspecified atom stereocenters. The summed E-state index contributed by atoms with van der Waals surface area (Å²) in [5, 5.41) is 5.84. The number of sulfone groups is 1. The van der Waals surface area contributed by atoms with Crippen LogP contribution in [0.1, 0.15) is 20.8 Å². The Labute approximate surface area is 139 Å². The zero-order valence-electron chi connectivity index (χ0n) is 14.0. The van der Waals surface area contributed by atoms with Crippen LogP contribution >= 0.6 is 0 Å². The number of hydrogen-bond donors (Lipinski definition) is 2. The number of amides is 1. The van der Waals surface area contributed by atoms with Crippen LogP contribution in [0.3, 0.4) is 0 Å². The van der Waals surface area contributed by atoms with Gasteiger partial charge in [-0.1, -0.05) is 30.4 Å².